The van der Waals surface area contributed by atoms with Crippen molar-refractivity contribution in [1.29, 1.82) is 0 Å². The van der Waals surface area contributed by atoms with Crippen molar-refractivity contribution in [1.82, 2.24) is 0 Å². The van der Waals surface area contributed by atoms with E-state index in [1.165, 1.54) is 24.3 Å². The van der Waals surface area contributed by atoms with Crippen molar-refractivity contribution in [3.05, 3.63) is 70.0 Å². The highest BCUT2D eigenvalue weighted by Crippen LogP contribution is 2.17. The number of aromatic carboxylic acids is 1. The molecule has 0 fully saturated rings. The van der Waals surface area contributed by atoms with Crippen LogP contribution in [0, 0.1) is 5.82 Å². The smallest absolute Gasteiger partial charge is 0.335 e. The lowest BCUT2D eigenvalue weighted by molar-refractivity contribution is 0.0696. The Morgan fingerprint density at radius 2 is 1.95 bits per heavy atom. The van der Waals surface area contributed by atoms with Gasteiger partial charge in [-0.25, -0.2) is 9.18 Å². The normalized spacial score (nSPS) is 12.1. The van der Waals surface area contributed by atoms with E-state index < -0.39 is 22.6 Å². The van der Waals surface area contributed by atoms with Crippen molar-refractivity contribution >= 4 is 28.4 Å². The summed E-state index contributed by atoms with van der Waals surface area (Å²) in [4.78, 5) is 10.9. The average Bonchev–Trinajstić information content (AvgIpc) is 2.42. The lowest BCUT2D eigenvalue weighted by Crippen LogP contribution is -2.03. The Hall–Kier alpha value is -1.72. The first kappa shape index (κ1) is 15.7. The summed E-state index contributed by atoms with van der Waals surface area (Å²) >= 11 is 5.66. The quantitative estimate of drug-likeness (QED) is 0.913. The third kappa shape index (κ3) is 4.37. The Balaban J connectivity index is 2.08. The fourth-order valence-electron chi connectivity index (χ4n) is 1.84. The topological polar surface area (TPSA) is 54.4 Å². The van der Waals surface area contributed by atoms with Crippen LogP contribution in [0.2, 0.25) is 5.02 Å². The van der Waals surface area contributed by atoms with E-state index in [1.807, 2.05) is 0 Å². The average molecular weight is 327 g/mol. The van der Waals surface area contributed by atoms with Gasteiger partial charge in [0.05, 0.1) is 11.3 Å². The fraction of sp³-hybridized carbons (Fsp3) is 0.133. The molecule has 0 saturated carbocycles. The standard InChI is InChI=1S/C15H12ClFO3S/c16-13-5-4-12(14(17)7-13)9-21(20)8-10-2-1-3-11(6-10)15(18)19/h1-7H,8-9H2,(H,18,19). The number of carbonyl (C=O) groups is 1. The molecule has 110 valence electrons. The van der Waals surface area contributed by atoms with Crippen LogP contribution in [0.25, 0.3) is 0 Å². The molecule has 1 N–H and O–H groups in total. The molecular formula is C15H12ClFO3S. The minimum absolute atomic E-state index is 0.0559. The van der Waals surface area contributed by atoms with Gasteiger partial charge in [-0.1, -0.05) is 29.8 Å². The van der Waals surface area contributed by atoms with Crippen molar-refractivity contribution < 1.29 is 18.5 Å². The van der Waals surface area contributed by atoms with Gasteiger partial charge in [0.25, 0.3) is 0 Å². The van der Waals surface area contributed by atoms with Gasteiger partial charge in [-0.15, -0.1) is 0 Å². The second-order valence-electron chi connectivity index (χ2n) is 4.47. The lowest BCUT2D eigenvalue weighted by Gasteiger charge is -2.05. The number of rotatable bonds is 5. The SMILES string of the molecule is O=C(O)c1cccc(CS(=O)Cc2ccc(Cl)cc2F)c1. The summed E-state index contributed by atoms with van der Waals surface area (Å²) in [6.45, 7) is 0. The maximum Gasteiger partial charge on any atom is 0.335 e. The van der Waals surface area contributed by atoms with E-state index in [0.29, 0.717) is 11.1 Å². The highest BCUT2D eigenvalue weighted by Gasteiger charge is 2.10. The molecule has 6 heteroatoms. The van der Waals surface area contributed by atoms with E-state index in [2.05, 4.69) is 0 Å². The molecule has 0 heterocycles. The molecule has 1 atom stereocenters. The van der Waals surface area contributed by atoms with E-state index in [1.54, 1.807) is 18.2 Å². The van der Waals surface area contributed by atoms with E-state index >= 15 is 0 Å². The molecule has 0 aliphatic heterocycles. The van der Waals surface area contributed by atoms with Gasteiger partial charge in [-0.2, -0.15) is 0 Å². The van der Waals surface area contributed by atoms with Gasteiger partial charge in [-0.05, 0) is 29.8 Å². The summed E-state index contributed by atoms with van der Waals surface area (Å²) in [6, 6.07) is 10.5. The van der Waals surface area contributed by atoms with Crippen LogP contribution >= 0.6 is 11.6 Å². The highest BCUT2D eigenvalue weighted by molar-refractivity contribution is 7.83. The molecule has 0 aliphatic carbocycles. The molecule has 3 nitrogen and oxygen atoms in total. The molecule has 0 aliphatic rings. The lowest BCUT2D eigenvalue weighted by atomic mass is 10.1. The Bertz CT molecular complexity index is 703. The molecule has 0 aromatic heterocycles. The van der Waals surface area contributed by atoms with Crippen molar-refractivity contribution in [2.45, 2.75) is 11.5 Å². The molecule has 0 amide bonds. The van der Waals surface area contributed by atoms with Crippen LogP contribution in [0.4, 0.5) is 4.39 Å². The first-order chi connectivity index (χ1) is 9.95. The van der Waals surface area contributed by atoms with Gasteiger partial charge in [0.1, 0.15) is 5.82 Å². The number of benzene rings is 2. The monoisotopic (exact) mass is 326 g/mol. The van der Waals surface area contributed by atoms with Crippen LogP contribution in [-0.4, -0.2) is 15.3 Å². The van der Waals surface area contributed by atoms with Crippen LogP contribution in [0.3, 0.4) is 0 Å². The van der Waals surface area contributed by atoms with Crippen molar-refractivity contribution in [3.8, 4) is 0 Å². The minimum atomic E-state index is -1.34. The Morgan fingerprint density at radius 3 is 2.62 bits per heavy atom. The van der Waals surface area contributed by atoms with Gasteiger partial charge in [0.15, 0.2) is 0 Å². The molecule has 2 rings (SSSR count). The number of carboxylic acids is 1. The zero-order chi connectivity index (χ0) is 15.4. The molecular weight excluding hydrogens is 315 g/mol. The largest absolute Gasteiger partial charge is 0.478 e. The second kappa shape index (κ2) is 6.83. The van der Waals surface area contributed by atoms with Gasteiger partial charge >= 0.3 is 5.97 Å². The van der Waals surface area contributed by atoms with Crippen LogP contribution < -0.4 is 0 Å². The van der Waals surface area contributed by atoms with E-state index in [9.17, 15) is 13.4 Å². The molecule has 2 aromatic carbocycles. The minimum Gasteiger partial charge on any atom is -0.478 e. The maximum atomic E-state index is 13.6. The third-order valence-electron chi connectivity index (χ3n) is 2.83. The zero-order valence-corrected chi connectivity index (χ0v) is 12.5. The molecule has 0 bridgehead atoms. The van der Waals surface area contributed by atoms with Crippen LogP contribution in [0.15, 0.2) is 42.5 Å². The molecule has 21 heavy (non-hydrogen) atoms. The molecule has 1 unspecified atom stereocenters. The summed E-state index contributed by atoms with van der Waals surface area (Å²) in [5.41, 5.74) is 1.11. The van der Waals surface area contributed by atoms with Gasteiger partial charge in [0.2, 0.25) is 0 Å². The van der Waals surface area contributed by atoms with Gasteiger partial charge < -0.3 is 5.11 Å². The van der Waals surface area contributed by atoms with Gasteiger partial charge in [-0.3, -0.25) is 4.21 Å². The predicted molar refractivity (Wildman–Crippen MR) is 80.4 cm³/mol. The second-order valence-corrected chi connectivity index (χ2v) is 6.36. The number of hydrogen-bond acceptors (Lipinski definition) is 2. The zero-order valence-electron chi connectivity index (χ0n) is 10.9. The van der Waals surface area contributed by atoms with E-state index in [4.69, 9.17) is 16.7 Å². The number of hydrogen-bond donors (Lipinski definition) is 1. The van der Waals surface area contributed by atoms with E-state index in [0.717, 1.165) is 0 Å². The third-order valence-corrected chi connectivity index (χ3v) is 4.36. The Morgan fingerprint density at radius 1 is 1.19 bits per heavy atom. The maximum absolute atomic E-state index is 13.6. The van der Waals surface area contributed by atoms with Crippen molar-refractivity contribution in [3.63, 3.8) is 0 Å². The van der Waals surface area contributed by atoms with Crippen LogP contribution in [0.5, 0.6) is 0 Å². The first-order valence-corrected chi connectivity index (χ1v) is 7.93. The number of halogens is 2. The van der Waals surface area contributed by atoms with Crippen molar-refractivity contribution in [2.24, 2.45) is 0 Å². The van der Waals surface area contributed by atoms with Crippen LogP contribution in [0.1, 0.15) is 21.5 Å². The van der Waals surface area contributed by atoms with Crippen molar-refractivity contribution in [2.75, 3.05) is 0 Å². The molecule has 0 radical (unpaired) electrons. The number of carboxylic acid groups (broad SMARTS) is 1. The van der Waals surface area contributed by atoms with Gasteiger partial charge in [0, 0.05) is 27.1 Å². The predicted octanol–water partition coefficient (Wildman–Crippen LogP) is 3.63. The summed E-state index contributed by atoms with van der Waals surface area (Å²) in [5, 5.41) is 9.19. The van der Waals surface area contributed by atoms with Crippen LogP contribution in [-0.2, 0) is 22.3 Å². The Labute approximate surface area is 128 Å². The summed E-state index contributed by atoms with van der Waals surface area (Å²) < 4.78 is 25.7. The van der Waals surface area contributed by atoms with E-state index in [-0.39, 0.29) is 22.1 Å². The molecule has 0 saturated heterocycles. The molecule has 2 aromatic rings. The molecule has 0 spiro atoms. The summed E-state index contributed by atoms with van der Waals surface area (Å²) in [7, 11) is -1.34. The summed E-state index contributed by atoms with van der Waals surface area (Å²) in [5.74, 6) is -1.30. The summed E-state index contributed by atoms with van der Waals surface area (Å²) in [6.07, 6.45) is 0. The first-order valence-electron chi connectivity index (χ1n) is 6.07. The highest BCUT2D eigenvalue weighted by atomic mass is 35.5. The Kier molecular flexibility index (Phi) is 5.09. The fourth-order valence-corrected chi connectivity index (χ4v) is 3.24.